The summed E-state index contributed by atoms with van der Waals surface area (Å²) in [7, 11) is -3.51. The number of hydrogen-bond acceptors (Lipinski definition) is 3. The van der Waals surface area contributed by atoms with E-state index in [1.165, 1.54) is 13.0 Å². The van der Waals surface area contributed by atoms with Crippen LogP contribution in [0, 0.1) is 6.92 Å². The van der Waals surface area contributed by atoms with Gasteiger partial charge in [-0.25, -0.2) is 8.42 Å². The van der Waals surface area contributed by atoms with Crippen LogP contribution in [0.3, 0.4) is 0 Å². The Hall–Kier alpha value is -1.62. The zero-order valence-electron chi connectivity index (χ0n) is 11.2. The number of benzene rings is 1. The van der Waals surface area contributed by atoms with Crippen LogP contribution in [0.15, 0.2) is 36.9 Å². The maximum absolute atomic E-state index is 12.2. The molecule has 1 atom stereocenters. The number of sulfone groups is 1. The first-order valence-electron chi connectivity index (χ1n) is 6.03. The number of amides is 1. The van der Waals surface area contributed by atoms with Crippen molar-refractivity contribution in [1.82, 2.24) is 5.32 Å². The third-order valence-corrected chi connectivity index (χ3v) is 4.95. The van der Waals surface area contributed by atoms with Crippen LogP contribution in [0.2, 0.25) is 0 Å². The summed E-state index contributed by atoms with van der Waals surface area (Å²) in [6, 6.07) is 7.26. The Morgan fingerprint density at radius 2 is 2.05 bits per heavy atom. The van der Waals surface area contributed by atoms with Gasteiger partial charge in [0.05, 0.1) is 5.75 Å². The summed E-state index contributed by atoms with van der Waals surface area (Å²) in [6.45, 7) is 7.00. The van der Waals surface area contributed by atoms with E-state index in [1.54, 1.807) is 12.1 Å². The molecule has 0 aromatic heterocycles. The maximum atomic E-state index is 12.2. The number of hydrogen-bond donors (Lipinski definition) is 1. The zero-order valence-corrected chi connectivity index (χ0v) is 12.0. The van der Waals surface area contributed by atoms with Crippen molar-refractivity contribution in [2.24, 2.45) is 0 Å². The van der Waals surface area contributed by atoms with Crippen LogP contribution in [0.25, 0.3) is 0 Å². The molecule has 0 spiro atoms. The molecule has 0 heterocycles. The molecule has 1 amide bonds. The Morgan fingerprint density at radius 3 is 2.63 bits per heavy atom. The van der Waals surface area contributed by atoms with E-state index in [4.69, 9.17) is 0 Å². The minimum atomic E-state index is -3.51. The monoisotopic (exact) mass is 281 g/mol. The number of nitrogens with one attached hydrogen (secondary N) is 1. The van der Waals surface area contributed by atoms with Gasteiger partial charge in [0.25, 0.3) is 0 Å². The fourth-order valence-electron chi connectivity index (χ4n) is 1.59. The second-order valence-corrected chi connectivity index (χ2v) is 6.73. The Labute approximate surface area is 114 Å². The highest BCUT2D eigenvalue weighted by Crippen LogP contribution is 2.15. The predicted molar refractivity (Wildman–Crippen MR) is 76.5 cm³/mol. The lowest BCUT2D eigenvalue weighted by atomic mass is 10.1. The minimum Gasteiger partial charge on any atom is -0.352 e. The molecule has 104 valence electrons. The number of carbonyl (C=O) groups excluding carboxylic acids is 1. The largest absolute Gasteiger partial charge is 0.352 e. The lowest BCUT2D eigenvalue weighted by Crippen LogP contribution is -2.38. The molecule has 19 heavy (non-hydrogen) atoms. The lowest BCUT2D eigenvalue weighted by Gasteiger charge is -2.13. The molecule has 0 aliphatic heterocycles. The Balaban J connectivity index is 2.84. The molecule has 0 saturated heterocycles. The highest BCUT2D eigenvalue weighted by molar-refractivity contribution is 7.92. The van der Waals surface area contributed by atoms with Gasteiger partial charge in [-0.2, -0.15) is 0 Å². The number of rotatable bonds is 6. The van der Waals surface area contributed by atoms with Crippen molar-refractivity contribution in [2.45, 2.75) is 24.9 Å². The summed E-state index contributed by atoms with van der Waals surface area (Å²) in [6.07, 6.45) is 1.51. The minimum absolute atomic E-state index is 0.123. The molecular formula is C14H19NO3S. The summed E-state index contributed by atoms with van der Waals surface area (Å²) in [4.78, 5) is 11.7. The molecule has 0 bridgehead atoms. The van der Waals surface area contributed by atoms with Crippen LogP contribution in [-0.2, 0) is 20.4 Å². The topological polar surface area (TPSA) is 63.2 Å². The van der Waals surface area contributed by atoms with E-state index in [-0.39, 0.29) is 12.3 Å². The van der Waals surface area contributed by atoms with Crippen molar-refractivity contribution >= 4 is 15.7 Å². The molecular weight excluding hydrogens is 262 g/mol. The SMILES string of the molecule is C=CCNC(=O)C(C)S(=O)(=O)Cc1ccccc1C. The van der Waals surface area contributed by atoms with Crippen molar-refractivity contribution in [1.29, 1.82) is 0 Å². The predicted octanol–water partition coefficient (Wildman–Crippen LogP) is 1.60. The smallest absolute Gasteiger partial charge is 0.238 e. The third kappa shape index (κ3) is 4.21. The summed E-state index contributed by atoms with van der Waals surface area (Å²) in [5.41, 5.74) is 1.63. The van der Waals surface area contributed by atoms with Crippen molar-refractivity contribution in [3.63, 3.8) is 0 Å². The molecule has 1 aromatic rings. The van der Waals surface area contributed by atoms with Gasteiger partial charge in [0, 0.05) is 6.54 Å². The van der Waals surface area contributed by atoms with E-state index in [0.29, 0.717) is 0 Å². The molecule has 0 aliphatic rings. The van der Waals surface area contributed by atoms with E-state index in [1.807, 2.05) is 19.1 Å². The van der Waals surface area contributed by atoms with E-state index in [2.05, 4.69) is 11.9 Å². The van der Waals surface area contributed by atoms with Crippen molar-refractivity contribution in [3.8, 4) is 0 Å². The first kappa shape index (κ1) is 15.4. The molecule has 1 rings (SSSR count). The van der Waals surface area contributed by atoms with Gasteiger partial charge in [0.15, 0.2) is 9.84 Å². The highest BCUT2D eigenvalue weighted by Gasteiger charge is 2.28. The van der Waals surface area contributed by atoms with Gasteiger partial charge >= 0.3 is 0 Å². The molecule has 5 heteroatoms. The van der Waals surface area contributed by atoms with Crippen LogP contribution in [0.4, 0.5) is 0 Å². The van der Waals surface area contributed by atoms with Gasteiger partial charge in [0.2, 0.25) is 5.91 Å². The van der Waals surface area contributed by atoms with Gasteiger partial charge in [-0.3, -0.25) is 4.79 Å². The fraction of sp³-hybridized carbons (Fsp3) is 0.357. The summed E-state index contributed by atoms with van der Waals surface area (Å²) in [5.74, 6) is -0.615. The Morgan fingerprint density at radius 1 is 1.42 bits per heavy atom. The van der Waals surface area contributed by atoms with Gasteiger partial charge in [-0.1, -0.05) is 30.3 Å². The first-order valence-corrected chi connectivity index (χ1v) is 7.74. The van der Waals surface area contributed by atoms with E-state index in [0.717, 1.165) is 11.1 Å². The summed E-state index contributed by atoms with van der Waals surface area (Å²) in [5, 5.41) is 1.44. The van der Waals surface area contributed by atoms with E-state index in [9.17, 15) is 13.2 Å². The maximum Gasteiger partial charge on any atom is 0.238 e. The van der Waals surface area contributed by atoms with Crippen molar-refractivity contribution in [2.75, 3.05) is 6.54 Å². The third-order valence-electron chi connectivity index (χ3n) is 2.95. The molecule has 1 aromatic carbocycles. The Kier molecular flexibility index (Phi) is 5.30. The van der Waals surface area contributed by atoms with Gasteiger partial charge in [-0.05, 0) is 25.0 Å². The molecule has 0 radical (unpaired) electrons. The molecule has 0 saturated carbocycles. The van der Waals surface area contributed by atoms with Crippen LogP contribution in [0.1, 0.15) is 18.1 Å². The normalized spacial score (nSPS) is 12.7. The van der Waals surface area contributed by atoms with Crippen molar-refractivity contribution in [3.05, 3.63) is 48.0 Å². The Bertz CT molecular complexity index is 564. The van der Waals surface area contributed by atoms with Gasteiger partial charge < -0.3 is 5.32 Å². The van der Waals surface area contributed by atoms with Gasteiger partial charge in [0.1, 0.15) is 5.25 Å². The fourth-order valence-corrected chi connectivity index (χ4v) is 3.01. The van der Waals surface area contributed by atoms with Gasteiger partial charge in [-0.15, -0.1) is 6.58 Å². The van der Waals surface area contributed by atoms with Crippen LogP contribution < -0.4 is 5.32 Å². The molecule has 4 nitrogen and oxygen atoms in total. The van der Waals surface area contributed by atoms with Crippen LogP contribution >= 0.6 is 0 Å². The first-order chi connectivity index (χ1) is 8.88. The van der Waals surface area contributed by atoms with Crippen molar-refractivity contribution < 1.29 is 13.2 Å². The quantitative estimate of drug-likeness (QED) is 0.806. The van der Waals surface area contributed by atoms with Crippen LogP contribution in [0.5, 0.6) is 0 Å². The standard InChI is InChI=1S/C14H19NO3S/c1-4-9-15-14(16)12(3)19(17,18)10-13-8-6-5-7-11(13)2/h4-8,12H,1,9-10H2,2-3H3,(H,15,16). The lowest BCUT2D eigenvalue weighted by molar-refractivity contribution is -0.120. The average Bonchev–Trinajstić information content (AvgIpc) is 2.37. The molecule has 1 N–H and O–H groups in total. The second kappa shape index (κ2) is 6.52. The number of carbonyl (C=O) groups is 1. The summed E-state index contributed by atoms with van der Waals surface area (Å²) < 4.78 is 24.3. The summed E-state index contributed by atoms with van der Waals surface area (Å²) >= 11 is 0. The molecule has 1 unspecified atom stereocenters. The van der Waals surface area contributed by atoms with E-state index >= 15 is 0 Å². The zero-order chi connectivity index (χ0) is 14.5. The molecule has 0 aliphatic carbocycles. The highest BCUT2D eigenvalue weighted by atomic mass is 32.2. The van der Waals surface area contributed by atoms with Crippen LogP contribution in [-0.4, -0.2) is 26.1 Å². The second-order valence-electron chi connectivity index (χ2n) is 4.41. The average molecular weight is 281 g/mol. The molecule has 0 fully saturated rings. The van der Waals surface area contributed by atoms with E-state index < -0.39 is 21.0 Å². The number of aryl methyl sites for hydroxylation is 1.